The van der Waals surface area contributed by atoms with Gasteiger partial charge in [0.2, 0.25) is 0 Å². The largest absolute Gasteiger partial charge is 0.491 e. The minimum absolute atomic E-state index is 0.210. The van der Waals surface area contributed by atoms with Crippen molar-refractivity contribution >= 4 is 7.12 Å². The van der Waals surface area contributed by atoms with Gasteiger partial charge >= 0.3 is 7.12 Å². The first kappa shape index (κ1) is 12.1. The van der Waals surface area contributed by atoms with Gasteiger partial charge in [0.1, 0.15) is 5.50 Å². The third kappa shape index (κ3) is 2.07. The monoisotopic (exact) mass is 230 g/mol. The van der Waals surface area contributed by atoms with Crippen molar-refractivity contribution in [3.63, 3.8) is 0 Å². The van der Waals surface area contributed by atoms with Crippen LogP contribution in [0.4, 0.5) is 0 Å². The third-order valence-electron chi connectivity index (χ3n) is 3.17. The fraction of sp³-hybridized carbons (Fsp3) is 0.231. The lowest BCUT2D eigenvalue weighted by atomic mass is 9.58. The molecule has 88 valence electrons. The molecule has 1 aliphatic rings. The van der Waals surface area contributed by atoms with E-state index in [2.05, 4.69) is 0 Å². The molecule has 0 heterocycles. The summed E-state index contributed by atoms with van der Waals surface area (Å²) in [6.45, 7) is 0. The molecule has 2 rings (SSSR count). The van der Waals surface area contributed by atoms with Crippen LogP contribution < -0.4 is 0 Å². The molecule has 0 saturated carbocycles. The Morgan fingerprint density at radius 3 is 2.47 bits per heavy atom. The zero-order valence-electron chi connectivity index (χ0n) is 9.65. The lowest BCUT2D eigenvalue weighted by molar-refractivity contribution is 0.0559. The van der Waals surface area contributed by atoms with Crippen molar-refractivity contribution in [2.24, 2.45) is 0 Å². The van der Waals surface area contributed by atoms with Crippen LogP contribution in [0.5, 0.6) is 0 Å². The molecule has 1 aromatic rings. The predicted octanol–water partition coefficient (Wildman–Crippen LogP) is 1.29. The van der Waals surface area contributed by atoms with Gasteiger partial charge in [0.15, 0.2) is 0 Å². The van der Waals surface area contributed by atoms with Crippen molar-refractivity contribution in [3.8, 4) is 0 Å². The first-order chi connectivity index (χ1) is 8.20. The van der Waals surface area contributed by atoms with Crippen LogP contribution in [-0.2, 0) is 4.74 Å². The summed E-state index contributed by atoms with van der Waals surface area (Å²) in [6.07, 6.45) is 7.26. The van der Waals surface area contributed by atoms with E-state index < -0.39 is 12.6 Å². The van der Waals surface area contributed by atoms with E-state index in [1.54, 1.807) is 12.2 Å². The molecule has 0 radical (unpaired) electrons. The maximum atomic E-state index is 9.60. The van der Waals surface area contributed by atoms with Crippen molar-refractivity contribution in [1.82, 2.24) is 0 Å². The summed E-state index contributed by atoms with van der Waals surface area (Å²) in [6, 6.07) is 9.67. The Bertz CT molecular complexity index is 428. The van der Waals surface area contributed by atoms with Crippen LogP contribution in [0.25, 0.3) is 0 Å². The van der Waals surface area contributed by atoms with Crippen molar-refractivity contribution in [2.45, 2.75) is 11.4 Å². The number of hydrogen-bond donors (Lipinski definition) is 2. The number of ether oxygens (including phenoxy) is 1. The number of allylic oxidation sites excluding steroid dienone is 2. The quantitative estimate of drug-likeness (QED) is 0.769. The Labute approximate surface area is 101 Å². The molecule has 2 N–H and O–H groups in total. The van der Waals surface area contributed by atoms with Crippen molar-refractivity contribution in [3.05, 3.63) is 60.2 Å². The minimum atomic E-state index is -1.57. The summed E-state index contributed by atoms with van der Waals surface area (Å²) in [4.78, 5) is 0. The normalized spacial score (nSPS) is 27.1. The lowest BCUT2D eigenvalue weighted by Crippen LogP contribution is -2.51. The Balaban J connectivity index is 2.44. The summed E-state index contributed by atoms with van der Waals surface area (Å²) in [5, 5.41) is 19.2. The van der Waals surface area contributed by atoms with Crippen LogP contribution in [0.1, 0.15) is 11.5 Å². The zero-order chi connectivity index (χ0) is 12.3. The van der Waals surface area contributed by atoms with Crippen LogP contribution in [0.2, 0.25) is 0 Å². The minimum Gasteiger partial charge on any atom is -0.425 e. The van der Waals surface area contributed by atoms with E-state index in [1.807, 2.05) is 42.5 Å². The molecule has 4 heteroatoms. The number of hydrogen-bond acceptors (Lipinski definition) is 3. The lowest BCUT2D eigenvalue weighted by Gasteiger charge is -2.36. The fourth-order valence-corrected chi connectivity index (χ4v) is 2.21. The Morgan fingerprint density at radius 1 is 1.18 bits per heavy atom. The van der Waals surface area contributed by atoms with Crippen molar-refractivity contribution in [1.29, 1.82) is 0 Å². The Hall–Kier alpha value is -1.36. The van der Waals surface area contributed by atoms with Gasteiger partial charge in [-0.3, -0.25) is 0 Å². The zero-order valence-corrected chi connectivity index (χ0v) is 9.65. The van der Waals surface area contributed by atoms with E-state index in [0.29, 0.717) is 0 Å². The fourth-order valence-electron chi connectivity index (χ4n) is 2.21. The smallest absolute Gasteiger partial charge is 0.425 e. The van der Waals surface area contributed by atoms with Crippen LogP contribution in [0, 0.1) is 0 Å². The molecule has 1 aliphatic carbocycles. The van der Waals surface area contributed by atoms with Crippen LogP contribution >= 0.6 is 0 Å². The van der Waals surface area contributed by atoms with Crippen LogP contribution in [0.3, 0.4) is 0 Å². The average Bonchev–Trinajstić information content (AvgIpc) is 2.39. The molecule has 0 spiro atoms. The second-order valence-electron chi connectivity index (χ2n) is 4.06. The molecular formula is C13H15BO3. The molecule has 3 nitrogen and oxygen atoms in total. The summed E-state index contributed by atoms with van der Waals surface area (Å²) in [5.41, 5.74) is -0.126. The van der Waals surface area contributed by atoms with Gasteiger partial charge in [-0.15, -0.1) is 0 Å². The van der Waals surface area contributed by atoms with Gasteiger partial charge in [-0.2, -0.15) is 0 Å². The predicted molar refractivity (Wildman–Crippen MR) is 67.4 cm³/mol. The van der Waals surface area contributed by atoms with E-state index in [0.717, 1.165) is 5.56 Å². The standard InChI is InChI=1S/C13H15BO3/c1-17-13(14(15)16)10-6-5-9-12(13)11-7-3-2-4-8-11/h2-10,12,15-16H,1H3. The van der Waals surface area contributed by atoms with E-state index in [4.69, 9.17) is 4.74 Å². The van der Waals surface area contributed by atoms with E-state index in [9.17, 15) is 10.0 Å². The SMILES string of the molecule is COC1(B(O)O)C=CC=CC1c1ccccc1. The maximum absolute atomic E-state index is 9.60. The highest BCUT2D eigenvalue weighted by Gasteiger charge is 2.47. The molecule has 0 fully saturated rings. The van der Waals surface area contributed by atoms with Crippen molar-refractivity contribution < 1.29 is 14.8 Å². The van der Waals surface area contributed by atoms with Gasteiger partial charge in [-0.1, -0.05) is 54.6 Å². The molecule has 17 heavy (non-hydrogen) atoms. The summed E-state index contributed by atoms with van der Waals surface area (Å²) in [7, 11) is -0.0855. The Morgan fingerprint density at radius 2 is 1.88 bits per heavy atom. The maximum Gasteiger partial charge on any atom is 0.491 e. The van der Waals surface area contributed by atoms with Crippen LogP contribution in [-0.4, -0.2) is 29.8 Å². The highest BCUT2D eigenvalue weighted by atomic mass is 16.5. The van der Waals surface area contributed by atoms with Gasteiger partial charge in [0, 0.05) is 13.0 Å². The van der Waals surface area contributed by atoms with Crippen LogP contribution in [0.15, 0.2) is 54.6 Å². The molecular weight excluding hydrogens is 215 g/mol. The van der Waals surface area contributed by atoms with Gasteiger partial charge in [0.25, 0.3) is 0 Å². The van der Waals surface area contributed by atoms with E-state index in [1.165, 1.54) is 7.11 Å². The molecule has 0 saturated heterocycles. The van der Waals surface area contributed by atoms with Gasteiger partial charge in [-0.05, 0) is 5.56 Å². The Kier molecular flexibility index (Phi) is 3.47. The molecule has 2 atom stereocenters. The van der Waals surface area contributed by atoms with Gasteiger partial charge in [-0.25, -0.2) is 0 Å². The first-order valence-electron chi connectivity index (χ1n) is 5.53. The molecule has 0 aromatic heterocycles. The summed E-state index contributed by atoms with van der Waals surface area (Å²) >= 11 is 0. The number of rotatable bonds is 3. The van der Waals surface area contributed by atoms with Gasteiger partial charge < -0.3 is 14.8 Å². The first-order valence-corrected chi connectivity index (χ1v) is 5.53. The third-order valence-corrected chi connectivity index (χ3v) is 3.17. The average molecular weight is 230 g/mol. The summed E-state index contributed by atoms with van der Waals surface area (Å²) in [5.74, 6) is -0.210. The second kappa shape index (κ2) is 4.88. The van der Waals surface area contributed by atoms with Crippen molar-refractivity contribution in [2.75, 3.05) is 7.11 Å². The molecule has 2 unspecified atom stereocenters. The highest BCUT2D eigenvalue weighted by molar-refractivity contribution is 6.46. The summed E-state index contributed by atoms with van der Waals surface area (Å²) < 4.78 is 5.37. The molecule has 0 bridgehead atoms. The van der Waals surface area contributed by atoms with Gasteiger partial charge in [0.05, 0.1) is 0 Å². The second-order valence-corrected chi connectivity index (χ2v) is 4.06. The molecule has 0 aliphatic heterocycles. The van der Waals surface area contributed by atoms with E-state index >= 15 is 0 Å². The number of benzene rings is 1. The highest BCUT2D eigenvalue weighted by Crippen LogP contribution is 2.36. The van der Waals surface area contributed by atoms with E-state index in [-0.39, 0.29) is 5.92 Å². The molecule has 0 amide bonds. The number of methoxy groups -OCH3 is 1. The molecule has 1 aromatic carbocycles. The topological polar surface area (TPSA) is 49.7 Å².